The minimum atomic E-state index is -3.17. The highest BCUT2D eigenvalue weighted by Gasteiger charge is 2.12. The van der Waals surface area contributed by atoms with Gasteiger partial charge in [-0.05, 0) is 36.5 Å². The maximum atomic E-state index is 12.6. The van der Waals surface area contributed by atoms with Gasteiger partial charge in [0.05, 0.1) is 20.4 Å². The number of rotatable bonds is 9. The predicted octanol–water partition coefficient (Wildman–Crippen LogP) is 4.23. The van der Waals surface area contributed by atoms with E-state index in [0.29, 0.717) is 17.2 Å². The van der Waals surface area contributed by atoms with Crippen LogP contribution in [0.2, 0.25) is 0 Å². The summed E-state index contributed by atoms with van der Waals surface area (Å²) in [4.78, 5) is 0. The summed E-state index contributed by atoms with van der Waals surface area (Å²) in [5.74, 6) is 0.281. The minimum Gasteiger partial charge on any atom is -0.493 e. The zero-order valence-electron chi connectivity index (χ0n) is 15.7. The zero-order valence-corrected chi connectivity index (χ0v) is 16.5. The molecule has 0 saturated heterocycles. The molecule has 0 spiro atoms. The van der Waals surface area contributed by atoms with Gasteiger partial charge in [-0.3, -0.25) is 5.43 Å². The Hall–Kier alpha value is -3.28. The summed E-state index contributed by atoms with van der Waals surface area (Å²) >= 11 is 5.10. The van der Waals surface area contributed by atoms with Gasteiger partial charge in [0.2, 0.25) is 0 Å². The summed E-state index contributed by atoms with van der Waals surface area (Å²) in [6, 6.07) is 8.30. The molecule has 0 aliphatic rings. The largest absolute Gasteiger partial charge is 0.493 e. The highest BCUT2D eigenvalue weighted by atomic mass is 32.1. The van der Waals surface area contributed by atoms with Crippen molar-refractivity contribution in [2.24, 2.45) is 5.10 Å². The monoisotopic (exact) mass is 447 g/mol. The lowest BCUT2D eigenvalue weighted by Crippen LogP contribution is -2.23. The summed E-state index contributed by atoms with van der Waals surface area (Å²) in [5, 5.41) is 6.76. The van der Waals surface area contributed by atoms with E-state index in [1.54, 1.807) is 18.2 Å². The third kappa shape index (κ3) is 6.95. The van der Waals surface area contributed by atoms with Crippen LogP contribution in [0.4, 0.5) is 23.2 Å². The quantitative estimate of drug-likeness (QED) is 0.258. The van der Waals surface area contributed by atoms with Gasteiger partial charge in [-0.25, -0.2) is 0 Å². The third-order valence-corrected chi connectivity index (χ3v) is 3.63. The average molecular weight is 447 g/mol. The molecule has 0 aromatic heterocycles. The van der Waals surface area contributed by atoms with E-state index in [2.05, 4.69) is 25.3 Å². The SMILES string of the molecule is COc1ccc(NC(=S)N/N=C\c2ccc(OC(F)F)cc2OC(F)F)cc1OC. The van der Waals surface area contributed by atoms with Gasteiger partial charge in [0.15, 0.2) is 16.6 Å². The van der Waals surface area contributed by atoms with Crippen LogP contribution in [-0.2, 0) is 0 Å². The van der Waals surface area contributed by atoms with Crippen molar-refractivity contribution in [3.8, 4) is 23.0 Å². The second-order valence-electron chi connectivity index (χ2n) is 5.35. The molecule has 0 aliphatic heterocycles. The lowest BCUT2D eigenvalue weighted by atomic mass is 10.2. The molecule has 0 heterocycles. The van der Waals surface area contributed by atoms with Gasteiger partial charge in [-0.1, -0.05) is 0 Å². The van der Waals surface area contributed by atoms with Gasteiger partial charge in [-0.2, -0.15) is 22.7 Å². The first kappa shape index (κ1) is 23.0. The van der Waals surface area contributed by atoms with E-state index in [1.807, 2.05) is 0 Å². The molecular weight excluding hydrogens is 430 g/mol. The van der Waals surface area contributed by atoms with E-state index >= 15 is 0 Å². The molecule has 0 unspecified atom stereocenters. The number of ether oxygens (including phenoxy) is 4. The molecule has 2 rings (SSSR count). The molecule has 2 aromatic carbocycles. The smallest absolute Gasteiger partial charge is 0.387 e. The summed E-state index contributed by atoms with van der Waals surface area (Å²) in [5.41, 5.74) is 3.16. The molecule has 2 aromatic rings. The molecule has 2 N–H and O–H groups in total. The van der Waals surface area contributed by atoms with Crippen LogP contribution in [0.25, 0.3) is 0 Å². The molecule has 12 heteroatoms. The van der Waals surface area contributed by atoms with Crippen molar-refractivity contribution < 1.29 is 36.5 Å². The van der Waals surface area contributed by atoms with Crippen LogP contribution in [0.5, 0.6) is 23.0 Å². The van der Waals surface area contributed by atoms with Crippen LogP contribution in [0.15, 0.2) is 41.5 Å². The Bertz CT molecular complexity index is 900. The number of thiocarbonyl (C=S) groups is 1. The van der Waals surface area contributed by atoms with Crippen LogP contribution in [-0.4, -0.2) is 38.8 Å². The topological polar surface area (TPSA) is 73.3 Å². The van der Waals surface area contributed by atoms with Crippen LogP contribution in [0, 0.1) is 0 Å². The van der Waals surface area contributed by atoms with E-state index in [1.165, 1.54) is 20.3 Å². The number of nitrogens with zero attached hydrogens (tertiary/aromatic N) is 1. The van der Waals surface area contributed by atoms with Gasteiger partial charge < -0.3 is 24.3 Å². The lowest BCUT2D eigenvalue weighted by molar-refractivity contribution is -0.0543. The second-order valence-corrected chi connectivity index (χ2v) is 5.76. The van der Waals surface area contributed by atoms with Crippen molar-refractivity contribution in [2.45, 2.75) is 13.2 Å². The molecule has 0 saturated carbocycles. The van der Waals surface area contributed by atoms with Crippen molar-refractivity contribution in [2.75, 3.05) is 19.5 Å². The fourth-order valence-corrected chi connectivity index (χ4v) is 2.40. The normalized spacial score (nSPS) is 10.9. The highest BCUT2D eigenvalue weighted by molar-refractivity contribution is 7.80. The van der Waals surface area contributed by atoms with Crippen LogP contribution in [0.1, 0.15) is 5.56 Å². The summed E-state index contributed by atoms with van der Waals surface area (Å²) in [7, 11) is 2.99. The van der Waals surface area contributed by atoms with Crippen LogP contribution < -0.4 is 29.7 Å². The van der Waals surface area contributed by atoms with E-state index in [9.17, 15) is 17.6 Å². The Morgan fingerprint density at radius 3 is 2.27 bits per heavy atom. The van der Waals surface area contributed by atoms with Crippen molar-refractivity contribution >= 4 is 29.2 Å². The highest BCUT2D eigenvalue weighted by Crippen LogP contribution is 2.29. The number of alkyl halides is 4. The fourth-order valence-electron chi connectivity index (χ4n) is 2.23. The Labute approximate surface area is 174 Å². The standard InChI is InChI=1S/C18H17F4N3O4S/c1-26-13-6-4-11(7-15(13)27-2)24-18(30)25-23-9-10-3-5-12(28-16(19)20)8-14(10)29-17(21)22/h3-9,16-17H,1-2H3,(H2,24,25,30)/b23-9-. The van der Waals surface area contributed by atoms with Crippen LogP contribution in [0.3, 0.4) is 0 Å². The third-order valence-electron chi connectivity index (χ3n) is 3.44. The van der Waals surface area contributed by atoms with Gasteiger partial charge in [-0.15, -0.1) is 0 Å². The molecule has 0 atom stereocenters. The Morgan fingerprint density at radius 1 is 0.933 bits per heavy atom. The number of anilines is 1. The average Bonchev–Trinajstić information content (AvgIpc) is 2.68. The van der Waals surface area contributed by atoms with Gasteiger partial charge in [0, 0.05) is 23.4 Å². The molecule has 30 heavy (non-hydrogen) atoms. The van der Waals surface area contributed by atoms with Crippen molar-refractivity contribution in [3.63, 3.8) is 0 Å². The summed E-state index contributed by atoms with van der Waals surface area (Å²) in [6.45, 7) is -6.27. The summed E-state index contributed by atoms with van der Waals surface area (Å²) < 4.78 is 68.6. The number of methoxy groups -OCH3 is 2. The number of hydrazone groups is 1. The van der Waals surface area contributed by atoms with E-state index in [-0.39, 0.29) is 16.4 Å². The minimum absolute atomic E-state index is 0.0818. The molecule has 0 bridgehead atoms. The van der Waals surface area contributed by atoms with Gasteiger partial charge >= 0.3 is 13.2 Å². The van der Waals surface area contributed by atoms with Crippen molar-refractivity contribution in [3.05, 3.63) is 42.0 Å². The number of nitrogens with one attached hydrogen (secondary N) is 2. The zero-order chi connectivity index (χ0) is 22.1. The lowest BCUT2D eigenvalue weighted by Gasteiger charge is -2.12. The fraction of sp³-hybridized carbons (Fsp3) is 0.222. The van der Waals surface area contributed by atoms with E-state index < -0.39 is 19.0 Å². The summed E-state index contributed by atoms with van der Waals surface area (Å²) in [6.07, 6.45) is 1.13. The molecule has 0 fully saturated rings. The maximum Gasteiger partial charge on any atom is 0.387 e. The van der Waals surface area contributed by atoms with Gasteiger partial charge in [0.1, 0.15) is 11.5 Å². The molecule has 0 amide bonds. The molecule has 0 aliphatic carbocycles. The molecule has 7 nitrogen and oxygen atoms in total. The molecular formula is C18H17F4N3O4S. The molecule has 0 radical (unpaired) electrons. The first-order chi connectivity index (χ1) is 14.3. The van der Waals surface area contributed by atoms with Gasteiger partial charge in [0.25, 0.3) is 0 Å². The van der Waals surface area contributed by atoms with Crippen LogP contribution >= 0.6 is 12.2 Å². The Morgan fingerprint density at radius 2 is 1.63 bits per heavy atom. The number of halogens is 4. The maximum absolute atomic E-state index is 12.6. The van der Waals surface area contributed by atoms with Crippen molar-refractivity contribution in [1.29, 1.82) is 0 Å². The first-order valence-electron chi connectivity index (χ1n) is 8.18. The van der Waals surface area contributed by atoms with Crippen molar-refractivity contribution in [1.82, 2.24) is 5.43 Å². The Balaban J connectivity index is 2.05. The number of hydrogen-bond acceptors (Lipinski definition) is 6. The Kier molecular flexibility index (Phi) is 8.47. The molecule has 162 valence electrons. The predicted molar refractivity (Wildman–Crippen MR) is 106 cm³/mol. The first-order valence-corrected chi connectivity index (χ1v) is 8.59. The second kappa shape index (κ2) is 11.0. The van der Waals surface area contributed by atoms with E-state index in [0.717, 1.165) is 18.3 Å². The van der Waals surface area contributed by atoms with E-state index in [4.69, 9.17) is 21.7 Å². The number of benzene rings is 2. The number of hydrogen-bond donors (Lipinski definition) is 2.